The largest absolute Gasteiger partial charge is 0.458 e. The summed E-state index contributed by atoms with van der Waals surface area (Å²) in [5.41, 5.74) is 0.401. The highest BCUT2D eigenvalue weighted by molar-refractivity contribution is 5.89. The van der Waals surface area contributed by atoms with E-state index in [1.807, 2.05) is 18.2 Å². The monoisotopic (exact) mass is 436 g/mol. The number of esters is 1. The summed E-state index contributed by atoms with van der Waals surface area (Å²) in [6, 6.07) is 9.22. The molecule has 4 nitrogen and oxygen atoms in total. The van der Waals surface area contributed by atoms with E-state index in [0.717, 1.165) is 38.5 Å². The number of rotatable bonds is 3. The minimum Gasteiger partial charge on any atom is -0.458 e. The van der Waals surface area contributed by atoms with Crippen molar-refractivity contribution in [2.24, 2.45) is 40.4 Å². The van der Waals surface area contributed by atoms with Crippen LogP contribution in [-0.2, 0) is 14.3 Å². The van der Waals surface area contributed by atoms with Crippen molar-refractivity contribution < 1.29 is 19.1 Å². The summed E-state index contributed by atoms with van der Waals surface area (Å²) in [7, 11) is 0. The highest BCUT2D eigenvalue weighted by atomic mass is 16.5. The molecule has 0 bridgehead atoms. The number of hydrogen-bond acceptors (Lipinski definition) is 4. The van der Waals surface area contributed by atoms with Gasteiger partial charge in [0.2, 0.25) is 0 Å². The quantitative estimate of drug-likeness (QED) is 0.576. The summed E-state index contributed by atoms with van der Waals surface area (Å²) in [5.74, 6) is 2.19. The minimum absolute atomic E-state index is 0.0412. The second kappa shape index (κ2) is 7.81. The fraction of sp³-hybridized carbons (Fsp3) is 0.679. The van der Waals surface area contributed by atoms with Crippen LogP contribution in [0.2, 0.25) is 0 Å². The fourth-order valence-corrected chi connectivity index (χ4v) is 8.59. The van der Waals surface area contributed by atoms with E-state index in [-0.39, 0.29) is 34.6 Å². The topological polar surface area (TPSA) is 60.4 Å². The number of hydrogen-bond donors (Lipinski definition) is 0. The molecule has 0 unspecified atom stereocenters. The van der Waals surface area contributed by atoms with Crippen LogP contribution in [0.4, 0.5) is 0 Å². The Balaban J connectivity index is 1.51. The van der Waals surface area contributed by atoms with Crippen molar-refractivity contribution in [1.82, 2.24) is 0 Å². The molecule has 0 radical (unpaired) electrons. The SMILES string of the molecule is CC(=O)[C@H]1CC[C@H]2[C@@H]3CC[C@@H]4CC(=O)CC[C@]4(C)[C@H]3C[C@H](OC(=O)c3ccccc3)[C@]12C. The average molecular weight is 437 g/mol. The Bertz CT molecular complexity index is 923. The van der Waals surface area contributed by atoms with Gasteiger partial charge in [0.15, 0.2) is 0 Å². The molecule has 8 atom stereocenters. The lowest BCUT2D eigenvalue weighted by atomic mass is 9.44. The zero-order valence-corrected chi connectivity index (χ0v) is 19.6. The van der Waals surface area contributed by atoms with Gasteiger partial charge in [0, 0.05) is 24.2 Å². The van der Waals surface area contributed by atoms with Crippen molar-refractivity contribution in [3.63, 3.8) is 0 Å². The van der Waals surface area contributed by atoms with Crippen LogP contribution in [0.15, 0.2) is 30.3 Å². The molecule has 1 aromatic carbocycles. The van der Waals surface area contributed by atoms with E-state index in [2.05, 4.69) is 13.8 Å². The third-order valence-corrected chi connectivity index (χ3v) is 10.3. The first-order chi connectivity index (χ1) is 15.2. The van der Waals surface area contributed by atoms with E-state index in [0.29, 0.717) is 47.9 Å². The number of Topliss-reactive ketones (excluding diaryl/α,β-unsaturated/α-hetero) is 2. The van der Waals surface area contributed by atoms with Gasteiger partial charge in [-0.15, -0.1) is 0 Å². The lowest BCUT2D eigenvalue weighted by Gasteiger charge is -2.61. The Labute approximate surface area is 191 Å². The summed E-state index contributed by atoms with van der Waals surface area (Å²) in [6.45, 7) is 6.34. The van der Waals surface area contributed by atoms with Gasteiger partial charge in [0.1, 0.15) is 17.7 Å². The Morgan fingerprint density at radius 2 is 1.75 bits per heavy atom. The van der Waals surface area contributed by atoms with Crippen LogP contribution in [0.5, 0.6) is 0 Å². The van der Waals surface area contributed by atoms with Crippen molar-refractivity contribution in [2.75, 3.05) is 0 Å². The van der Waals surface area contributed by atoms with Crippen LogP contribution in [0.1, 0.15) is 82.5 Å². The predicted molar refractivity (Wildman–Crippen MR) is 122 cm³/mol. The average Bonchev–Trinajstić information content (AvgIpc) is 3.14. The van der Waals surface area contributed by atoms with Crippen LogP contribution in [-0.4, -0.2) is 23.6 Å². The van der Waals surface area contributed by atoms with Crippen molar-refractivity contribution in [1.29, 1.82) is 0 Å². The fourth-order valence-electron chi connectivity index (χ4n) is 8.59. The van der Waals surface area contributed by atoms with E-state index in [1.165, 1.54) is 0 Å². The second-order valence-corrected chi connectivity index (χ2v) is 11.5. The molecule has 0 amide bonds. The molecular formula is C28H36O4. The molecule has 4 aliphatic carbocycles. The number of carbonyl (C=O) groups excluding carboxylic acids is 3. The first kappa shape index (κ1) is 21.9. The van der Waals surface area contributed by atoms with Crippen molar-refractivity contribution in [2.45, 2.75) is 78.2 Å². The van der Waals surface area contributed by atoms with Crippen molar-refractivity contribution in [3.8, 4) is 0 Å². The molecule has 4 fully saturated rings. The number of benzene rings is 1. The molecule has 4 saturated carbocycles. The van der Waals surface area contributed by atoms with Gasteiger partial charge in [0.25, 0.3) is 0 Å². The molecule has 32 heavy (non-hydrogen) atoms. The van der Waals surface area contributed by atoms with Gasteiger partial charge in [-0.2, -0.15) is 0 Å². The first-order valence-corrected chi connectivity index (χ1v) is 12.5. The normalized spacial score (nSPS) is 43.0. The number of fused-ring (bicyclic) bond motifs is 5. The van der Waals surface area contributed by atoms with Gasteiger partial charge in [-0.3, -0.25) is 9.59 Å². The number of ketones is 2. The molecule has 4 aliphatic rings. The van der Waals surface area contributed by atoms with Gasteiger partial charge in [0.05, 0.1) is 5.56 Å². The van der Waals surface area contributed by atoms with Gasteiger partial charge in [-0.05, 0) is 86.7 Å². The molecule has 172 valence electrons. The predicted octanol–water partition coefficient (Wildman–Crippen LogP) is 5.64. The zero-order valence-electron chi connectivity index (χ0n) is 19.6. The summed E-state index contributed by atoms with van der Waals surface area (Å²) in [5, 5.41) is 0. The molecule has 0 aromatic heterocycles. The molecule has 0 spiro atoms. The Morgan fingerprint density at radius 3 is 2.47 bits per heavy atom. The van der Waals surface area contributed by atoms with E-state index in [9.17, 15) is 14.4 Å². The smallest absolute Gasteiger partial charge is 0.338 e. The standard InChI is InChI=1S/C28H36O4/c1-17(29)22-11-12-23-21-10-9-19-15-20(30)13-14-27(19,2)24(21)16-25(28(22,23)3)32-26(31)18-7-5-4-6-8-18/h4-8,19,21-25H,9-16H2,1-3H3/t19-,21+,22-,23+,24+,25+,27+,28-/m1/s1. The van der Waals surface area contributed by atoms with Crippen LogP contribution in [0.25, 0.3) is 0 Å². The Kier molecular flexibility index (Phi) is 5.34. The van der Waals surface area contributed by atoms with Crippen molar-refractivity contribution in [3.05, 3.63) is 35.9 Å². The van der Waals surface area contributed by atoms with Crippen LogP contribution in [0.3, 0.4) is 0 Å². The summed E-state index contributed by atoms with van der Waals surface area (Å²) in [6.07, 6.45) is 7.12. The van der Waals surface area contributed by atoms with E-state index in [4.69, 9.17) is 4.74 Å². The molecule has 0 saturated heterocycles. The lowest BCUT2D eigenvalue weighted by molar-refractivity contribution is -0.171. The highest BCUT2D eigenvalue weighted by Crippen LogP contribution is 2.67. The maximum atomic E-state index is 13.1. The summed E-state index contributed by atoms with van der Waals surface area (Å²) >= 11 is 0. The molecular weight excluding hydrogens is 400 g/mol. The van der Waals surface area contributed by atoms with Crippen LogP contribution in [0, 0.1) is 40.4 Å². The third-order valence-electron chi connectivity index (χ3n) is 10.3. The van der Waals surface area contributed by atoms with Gasteiger partial charge < -0.3 is 4.74 Å². The molecule has 0 aliphatic heterocycles. The molecule has 0 N–H and O–H groups in total. The number of ether oxygens (including phenoxy) is 1. The Morgan fingerprint density at radius 1 is 1.00 bits per heavy atom. The highest BCUT2D eigenvalue weighted by Gasteiger charge is 2.65. The zero-order chi connectivity index (χ0) is 22.7. The van der Waals surface area contributed by atoms with E-state index < -0.39 is 0 Å². The number of carbonyl (C=O) groups is 3. The molecule has 1 aromatic rings. The van der Waals surface area contributed by atoms with E-state index >= 15 is 0 Å². The molecule has 5 rings (SSSR count). The second-order valence-electron chi connectivity index (χ2n) is 11.5. The first-order valence-electron chi connectivity index (χ1n) is 12.5. The van der Waals surface area contributed by atoms with Crippen LogP contribution < -0.4 is 0 Å². The minimum atomic E-state index is -0.300. The van der Waals surface area contributed by atoms with Gasteiger partial charge in [-0.1, -0.05) is 32.0 Å². The summed E-state index contributed by atoms with van der Waals surface area (Å²) < 4.78 is 6.31. The Hall–Kier alpha value is -1.97. The van der Waals surface area contributed by atoms with Gasteiger partial charge in [-0.25, -0.2) is 4.79 Å². The van der Waals surface area contributed by atoms with E-state index in [1.54, 1.807) is 19.1 Å². The van der Waals surface area contributed by atoms with Crippen LogP contribution >= 0.6 is 0 Å². The lowest BCUT2D eigenvalue weighted by Crippen LogP contribution is -2.59. The summed E-state index contributed by atoms with van der Waals surface area (Å²) in [4.78, 5) is 38.1. The van der Waals surface area contributed by atoms with Crippen molar-refractivity contribution >= 4 is 17.5 Å². The maximum absolute atomic E-state index is 13.1. The third kappa shape index (κ3) is 3.20. The maximum Gasteiger partial charge on any atom is 0.338 e. The van der Waals surface area contributed by atoms with Gasteiger partial charge >= 0.3 is 5.97 Å². The molecule has 4 heteroatoms. The molecule has 0 heterocycles.